The number of rotatable bonds is 4. The van der Waals surface area contributed by atoms with Gasteiger partial charge < -0.3 is 5.32 Å². The molecule has 14 heavy (non-hydrogen) atoms. The van der Waals surface area contributed by atoms with E-state index in [1.54, 1.807) is 0 Å². The summed E-state index contributed by atoms with van der Waals surface area (Å²) in [6, 6.07) is 4.34. The Kier molecular flexibility index (Phi) is 4.15. The molecule has 2 heteroatoms. The number of terminal acetylenes is 1. The van der Waals surface area contributed by atoms with Crippen LogP contribution in [0.1, 0.15) is 30.6 Å². The summed E-state index contributed by atoms with van der Waals surface area (Å²) in [5.41, 5.74) is 2.25. The van der Waals surface area contributed by atoms with Gasteiger partial charge in [0, 0.05) is 24.4 Å². The van der Waals surface area contributed by atoms with E-state index in [2.05, 4.69) is 29.2 Å². The zero-order chi connectivity index (χ0) is 10.4. The quantitative estimate of drug-likeness (QED) is 0.732. The highest BCUT2D eigenvalue weighted by atomic mass is 14.9. The van der Waals surface area contributed by atoms with E-state index in [9.17, 15) is 0 Å². The fraction of sp³-hybridized carbons (Fsp3) is 0.417. The molecule has 0 saturated heterocycles. The lowest BCUT2D eigenvalue weighted by Gasteiger charge is -2.15. The lowest BCUT2D eigenvalue weighted by Crippen LogP contribution is -2.20. The highest BCUT2D eigenvalue weighted by Crippen LogP contribution is 2.15. The lowest BCUT2D eigenvalue weighted by molar-refractivity contribution is 0.564. The molecule has 0 aliphatic heterocycles. The van der Waals surface area contributed by atoms with E-state index in [0.29, 0.717) is 0 Å². The Balaban J connectivity index is 2.82. The zero-order valence-corrected chi connectivity index (χ0v) is 8.75. The first-order chi connectivity index (χ1) is 6.77. The third-order valence-corrected chi connectivity index (χ3v) is 2.10. The van der Waals surface area contributed by atoms with Crippen molar-refractivity contribution in [3.63, 3.8) is 0 Å². The van der Waals surface area contributed by atoms with Gasteiger partial charge in [0.15, 0.2) is 0 Å². The Morgan fingerprint density at radius 1 is 1.64 bits per heavy atom. The summed E-state index contributed by atoms with van der Waals surface area (Å²) in [4.78, 5) is 4.16. The van der Waals surface area contributed by atoms with Crippen molar-refractivity contribution in [2.45, 2.75) is 26.3 Å². The third kappa shape index (κ3) is 2.86. The van der Waals surface area contributed by atoms with Crippen molar-refractivity contribution in [1.29, 1.82) is 0 Å². The van der Waals surface area contributed by atoms with Gasteiger partial charge in [-0.15, -0.1) is 12.3 Å². The van der Waals surface area contributed by atoms with E-state index in [0.717, 1.165) is 18.7 Å². The Morgan fingerprint density at radius 3 is 3.00 bits per heavy atom. The summed E-state index contributed by atoms with van der Waals surface area (Å²) in [6.07, 6.45) is 7.87. The number of nitrogens with one attached hydrogen (secondary N) is 1. The number of hydrogen-bond donors (Lipinski definition) is 1. The SMILES string of the molecule is C#CCC(NCC)c1ccnc(C)c1. The lowest BCUT2D eigenvalue weighted by atomic mass is 10.0. The molecule has 1 heterocycles. The van der Waals surface area contributed by atoms with Crippen molar-refractivity contribution in [3.05, 3.63) is 29.6 Å². The van der Waals surface area contributed by atoms with Crippen LogP contribution in [0.3, 0.4) is 0 Å². The normalized spacial score (nSPS) is 12.1. The molecule has 1 aromatic rings. The number of hydrogen-bond acceptors (Lipinski definition) is 2. The fourth-order valence-electron chi connectivity index (χ4n) is 1.46. The van der Waals surface area contributed by atoms with Crippen LogP contribution in [0.2, 0.25) is 0 Å². The van der Waals surface area contributed by atoms with Crippen molar-refractivity contribution in [3.8, 4) is 12.3 Å². The van der Waals surface area contributed by atoms with E-state index in [-0.39, 0.29) is 6.04 Å². The zero-order valence-electron chi connectivity index (χ0n) is 8.75. The molecule has 0 aliphatic carbocycles. The highest BCUT2D eigenvalue weighted by Gasteiger charge is 2.08. The Hall–Kier alpha value is -1.33. The molecule has 0 bridgehead atoms. The topological polar surface area (TPSA) is 24.9 Å². The second-order valence-electron chi connectivity index (χ2n) is 3.25. The minimum Gasteiger partial charge on any atom is -0.309 e. The van der Waals surface area contributed by atoms with Crippen LogP contribution in [-0.2, 0) is 0 Å². The number of pyridine rings is 1. The van der Waals surface area contributed by atoms with Crippen molar-refractivity contribution >= 4 is 0 Å². The number of nitrogens with zero attached hydrogens (tertiary/aromatic N) is 1. The first-order valence-electron chi connectivity index (χ1n) is 4.87. The first-order valence-corrected chi connectivity index (χ1v) is 4.87. The number of aryl methyl sites for hydroxylation is 1. The molecule has 0 radical (unpaired) electrons. The smallest absolute Gasteiger partial charge is 0.0431 e. The molecule has 0 aromatic carbocycles. The minimum absolute atomic E-state index is 0.256. The molecule has 0 amide bonds. The van der Waals surface area contributed by atoms with Crippen LogP contribution in [0.25, 0.3) is 0 Å². The summed E-state index contributed by atoms with van der Waals surface area (Å²) < 4.78 is 0. The van der Waals surface area contributed by atoms with Crippen LogP contribution < -0.4 is 5.32 Å². The molecule has 74 valence electrons. The van der Waals surface area contributed by atoms with E-state index in [1.807, 2.05) is 19.2 Å². The molecule has 1 rings (SSSR count). The van der Waals surface area contributed by atoms with Crippen LogP contribution in [0.5, 0.6) is 0 Å². The molecule has 0 fully saturated rings. The van der Waals surface area contributed by atoms with Gasteiger partial charge in [0.05, 0.1) is 0 Å². The second kappa shape index (κ2) is 5.41. The van der Waals surface area contributed by atoms with Gasteiger partial charge in [-0.1, -0.05) is 6.92 Å². The van der Waals surface area contributed by atoms with Gasteiger partial charge in [0.25, 0.3) is 0 Å². The maximum Gasteiger partial charge on any atom is 0.0431 e. The Labute approximate surface area is 85.8 Å². The van der Waals surface area contributed by atoms with Gasteiger partial charge in [0.1, 0.15) is 0 Å². The molecule has 1 unspecified atom stereocenters. The average Bonchev–Trinajstić information content (AvgIpc) is 2.17. The largest absolute Gasteiger partial charge is 0.309 e. The summed E-state index contributed by atoms with van der Waals surface area (Å²) in [5.74, 6) is 2.69. The van der Waals surface area contributed by atoms with E-state index >= 15 is 0 Å². The Morgan fingerprint density at radius 2 is 2.43 bits per heavy atom. The van der Waals surface area contributed by atoms with E-state index in [1.165, 1.54) is 5.56 Å². The molecular weight excluding hydrogens is 172 g/mol. The van der Waals surface area contributed by atoms with Crippen LogP contribution in [0.15, 0.2) is 18.3 Å². The van der Waals surface area contributed by atoms with Crippen molar-refractivity contribution < 1.29 is 0 Å². The fourth-order valence-corrected chi connectivity index (χ4v) is 1.46. The van der Waals surface area contributed by atoms with Crippen LogP contribution in [0.4, 0.5) is 0 Å². The van der Waals surface area contributed by atoms with Crippen LogP contribution in [0, 0.1) is 19.3 Å². The monoisotopic (exact) mass is 188 g/mol. The van der Waals surface area contributed by atoms with Gasteiger partial charge in [-0.3, -0.25) is 4.98 Å². The van der Waals surface area contributed by atoms with Gasteiger partial charge in [-0.05, 0) is 31.2 Å². The van der Waals surface area contributed by atoms with Crippen molar-refractivity contribution in [2.75, 3.05) is 6.54 Å². The summed E-state index contributed by atoms with van der Waals surface area (Å²) in [7, 11) is 0. The van der Waals surface area contributed by atoms with E-state index in [4.69, 9.17) is 6.42 Å². The molecule has 1 atom stereocenters. The summed E-state index contributed by atoms with van der Waals surface area (Å²) in [6.45, 7) is 4.99. The predicted molar refractivity (Wildman–Crippen MR) is 58.8 cm³/mol. The van der Waals surface area contributed by atoms with Gasteiger partial charge >= 0.3 is 0 Å². The summed E-state index contributed by atoms with van der Waals surface area (Å²) >= 11 is 0. The van der Waals surface area contributed by atoms with Crippen LogP contribution in [-0.4, -0.2) is 11.5 Å². The molecular formula is C12H16N2. The van der Waals surface area contributed by atoms with Gasteiger partial charge in [0.2, 0.25) is 0 Å². The van der Waals surface area contributed by atoms with Crippen molar-refractivity contribution in [1.82, 2.24) is 10.3 Å². The molecule has 0 spiro atoms. The average molecular weight is 188 g/mol. The van der Waals surface area contributed by atoms with Crippen molar-refractivity contribution in [2.24, 2.45) is 0 Å². The molecule has 0 saturated carbocycles. The van der Waals surface area contributed by atoms with E-state index < -0.39 is 0 Å². The first kappa shape index (κ1) is 10.7. The maximum absolute atomic E-state index is 5.33. The number of aromatic nitrogens is 1. The second-order valence-corrected chi connectivity index (χ2v) is 3.25. The van der Waals surface area contributed by atoms with Gasteiger partial charge in [-0.2, -0.15) is 0 Å². The standard InChI is InChI=1S/C12H16N2/c1-4-6-12(13-5-2)11-7-8-14-10(3)9-11/h1,7-9,12-13H,5-6H2,2-3H3. The van der Waals surface area contributed by atoms with Crippen LogP contribution >= 0.6 is 0 Å². The predicted octanol–water partition coefficient (Wildman–Crippen LogP) is 2.06. The Bertz CT molecular complexity index is 325. The maximum atomic E-state index is 5.33. The molecule has 2 nitrogen and oxygen atoms in total. The highest BCUT2D eigenvalue weighted by molar-refractivity contribution is 5.20. The molecule has 0 aliphatic rings. The molecule has 1 N–H and O–H groups in total. The molecule has 1 aromatic heterocycles. The summed E-state index contributed by atoms with van der Waals surface area (Å²) in [5, 5.41) is 3.36. The minimum atomic E-state index is 0.256. The van der Waals surface area contributed by atoms with Gasteiger partial charge in [-0.25, -0.2) is 0 Å². The third-order valence-electron chi connectivity index (χ3n) is 2.10.